The largest absolute Gasteiger partial charge is 0.511 e. The number of aliphatic hydroxyl groups excluding tert-OH is 2. The van der Waals surface area contributed by atoms with Crippen LogP contribution in [-0.4, -0.2) is 22.6 Å². The molecule has 0 radical (unpaired) electrons. The summed E-state index contributed by atoms with van der Waals surface area (Å²) in [6.45, 7) is 16.2. The number of allylic oxidation sites excluding steroid dienone is 4. The van der Waals surface area contributed by atoms with Crippen LogP contribution in [0.3, 0.4) is 0 Å². The summed E-state index contributed by atoms with van der Waals surface area (Å²) >= 11 is 0. The lowest BCUT2D eigenvalue weighted by atomic mass is 9.34. The molecule has 4 heteroatoms. The van der Waals surface area contributed by atoms with Gasteiger partial charge in [0.2, 0.25) is 0 Å². The lowest BCUT2D eigenvalue weighted by Gasteiger charge is -2.70. The third kappa shape index (κ3) is 3.11. The molecule has 2 unspecified atom stereocenters. The maximum atomic E-state index is 14.4. The third-order valence-corrected chi connectivity index (χ3v) is 12.9. The van der Waals surface area contributed by atoms with Crippen LogP contribution < -0.4 is 0 Å². The molecular weight excluding hydrogens is 446 g/mol. The molecule has 5 aliphatic carbocycles. The summed E-state index contributed by atoms with van der Waals surface area (Å²) in [4.78, 5) is 14.4. The maximum absolute atomic E-state index is 14.4. The number of aliphatic hydroxyl groups is 2. The smallest absolute Gasteiger partial charge is 0.159 e. The lowest BCUT2D eigenvalue weighted by Crippen LogP contribution is -2.64. The highest BCUT2D eigenvalue weighted by atomic mass is 16.3. The van der Waals surface area contributed by atoms with Gasteiger partial charge in [0.15, 0.2) is 5.78 Å². The van der Waals surface area contributed by atoms with Crippen molar-refractivity contribution in [3.8, 4) is 6.07 Å². The summed E-state index contributed by atoms with van der Waals surface area (Å²) < 4.78 is 0. The molecule has 0 amide bonds. The van der Waals surface area contributed by atoms with Crippen molar-refractivity contribution in [1.29, 1.82) is 5.26 Å². The van der Waals surface area contributed by atoms with Gasteiger partial charge in [-0.25, -0.2) is 0 Å². The number of nitriles is 1. The standard InChI is InChI=1S/C32H47NO3/c1-27(2)10-12-32(14-15-34)13-11-31(7)25(21(32)18-27)22(35)16-24-29(5)17-20(19-33)26(36)28(3,4)23(29)8-9-30(24,31)6/h16,21,23,25,34,36H,8-15,17-18H2,1-7H3/t21?,23-,25?,29-,30+,31+,32+/m0/s1. The minimum Gasteiger partial charge on any atom is -0.511 e. The van der Waals surface area contributed by atoms with Gasteiger partial charge in [0.25, 0.3) is 0 Å². The molecule has 0 heterocycles. The van der Waals surface area contributed by atoms with Gasteiger partial charge in [-0.1, -0.05) is 54.0 Å². The van der Waals surface area contributed by atoms with Gasteiger partial charge >= 0.3 is 0 Å². The summed E-state index contributed by atoms with van der Waals surface area (Å²) in [5, 5.41) is 31.0. The second-order valence-corrected chi connectivity index (χ2v) is 15.3. The van der Waals surface area contributed by atoms with Crippen molar-refractivity contribution in [3.05, 3.63) is 23.0 Å². The van der Waals surface area contributed by atoms with Gasteiger partial charge in [-0.05, 0) is 103 Å². The molecule has 0 saturated heterocycles. The summed E-state index contributed by atoms with van der Waals surface area (Å²) in [6.07, 6.45) is 10.8. The van der Waals surface area contributed by atoms with Crippen molar-refractivity contribution in [1.82, 2.24) is 0 Å². The average Bonchev–Trinajstić information content (AvgIpc) is 2.79. The third-order valence-electron chi connectivity index (χ3n) is 12.9. The van der Waals surface area contributed by atoms with Crippen molar-refractivity contribution in [3.63, 3.8) is 0 Å². The molecule has 3 fully saturated rings. The second kappa shape index (κ2) is 7.72. The maximum Gasteiger partial charge on any atom is 0.159 e. The number of carbonyl (C=O) groups excluding carboxylic acids is 1. The van der Waals surface area contributed by atoms with Crippen molar-refractivity contribution in [2.75, 3.05) is 6.61 Å². The predicted molar refractivity (Wildman–Crippen MR) is 142 cm³/mol. The molecule has 2 N–H and O–H groups in total. The van der Waals surface area contributed by atoms with Crippen LogP contribution in [0.25, 0.3) is 0 Å². The number of ketones is 1. The minimum absolute atomic E-state index is 0.0118. The van der Waals surface area contributed by atoms with Gasteiger partial charge in [0.1, 0.15) is 5.76 Å². The number of hydrogen-bond donors (Lipinski definition) is 2. The Hall–Kier alpha value is -1.60. The van der Waals surface area contributed by atoms with Crippen LogP contribution in [0.1, 0.15) is 106 Å². The van der Waals surface area contributed by atoms with Crippen molar-refractivity contribution >= 4 is 5.78 Å². The molecule has 0 bridgehead atoms. The highest BCUT2D eigenvalue weighted by Gasteiger charge is 2.69. The zero-order chi connectivity index (χ0) is 26.5. The summed E-state index contributed by atoms with van der Waals surface area (Å²) in [6, 6.07) is 2.31. The fraction of sp³-hybridized carbons (Fsp3) is 0.812. The van der Waals surface area contributed by atoms with E-state index in [2.05, 4.69) is 54.5 Å². The van der Waals surface area contributed by atoms with E-state index in [4.69, 9.17) is 0 Å². The van der Waals surface area contributed by atoms with Crippen LogP contribution in [0, 0.1) is 61.6 Å². The zero-order valence-electron chi connectivity index (χ0n) is 23.6. The normalized spacial score (nSPS) is 47.0. The highest BCUT2D eigenvalue weighted by molar-refractivity contribution is 5.95. The fourth-order valence-corrected chi connectivity index (χ4v) is 10.7. The molecule has 5 rings (SSSR count). The first kappa shape index (κ1) is 26.0. The SMILES string of the molecule is CC1(C)CC[C@]2(CCO)CC[C@]3(C)C(C(=O)C=C4[C@@]5(C)CC(C#N)=C(O)C(C)(C)[C@@H]5CC[C@]43C)C2C1. The van der Waals surface area contributed by atoms with Crippen molar-refractivity contribution < 1.29 is 15.0 Å². The Bertz CT molecular complexity index is 1090. The molecule has 0 aromatic rings. The topological polar surface area (TPSA) is 81.3 Å². The van der Waals surface area contributed by atoms with E-state index in [1.54, 1.807) is 0 Å². The Morgan fingerprint density at radius 3 is 2.33 bits per heavy atom. The van der Waals surface area contributed by atoms with Gasteiger partial charge in [0.05, 0.1) is 11.6 Å². The van der Waals surface area contributed by atoms with Crippen LogP contribution in [0.2, 0.25) is 0 Å². The molecule has 0 aromatic heterocycles. The first-order valence-corrected chi connectivity index (χ1v) is 14.3. The molecule has 4 nitrogen and oxygen atoms in total. The van der Waals surface area contributed by atoms with E-state index in [1.165, 1.54) is 12.0 Å². The lowest BCUT2D eigenvalue weighted by molar-refractivity contribution is -0.175. The van der Waals surface area contributed by atoms with E-state index in [-0.39, 0.29) is 57.1 Å². The van der Waals surface area contributed by atoms with Crippen LogP contribution in [0.15, 0.2) is 23.0 Å². The van der Waals surface area contributed by atoms with E-state index >= 15 is 0 Å². The van der Waals surface area contributed by atoms with E-state index in [0.29, 0.717) is 17.9 Å². The van der Waals surface area contributed by atoms with E-state index in [0.717, 1.165) is 44.9 Å². The van der Waals surface area contributed by atoms with Gasteiger partial charge in [-0.2, -0.15) is 5.26 Å². The van der Waals surface area contributed by atoms with Gasteiger partial charge < -0.3 is 10.2 Å². The van der Waals surface area contributed by atoms with Gasteiger partial charge in [-0.15, -0.1) is 0 Å². The molecule has 3 saturated carbocycles. The number of nitrogens with zero attached hydrogens (tertiary/aromatic N) is 1. The van der Waals surface area contributed by atoms with Crippen molar-refractivity contribution in [2.24, 2.45) is 50.2 Å². The summed E-state index contributed by atoms with van der Waals surface area (Å²) in [5.74, 6) is 1.02. The fourth-order valence-electron chi connectivity index (χ4n) is 10.7. The monoisotopic (exact) mass is 493 g/mol. The van der Waals surface area contributed by atoms with Gasteiger partial charge in [-0.3, -0.25) is 4.79 Å². The van der Waals surface area contributed by atoms with Crippen LogP contribution >= 0.6 is 0 Å². The van der Waals surface area contributed by atoms with E-state index in [1.807, 2.05) is 6.08 Å². The molecule has 5 aliphatic rings. The Balaban J connectivity index is 1.66. The summed E-state index contributed by atoms with van der Waals surface area (Å²) in [7, 11) is 0. The summed E-state index contributed by atoms with van der Waals surface area (Å²) in [5.41, 5.74) is 0.958. The van der Waals surface area contributed by atoms with E-state index in [9.17, 15) is 20.3 Å². The van der Waals surface area contributed by atoms with Crippen LogP contribution in [0.4, 0.5) is 0 Å². The molecule has 36 heavy (non-hydrogen) atoms. The molecule has 198 valence electrons. The first-order valence-electron chi connectivity index (χ1n) is 14.3. The van der Waals surface area contributed by atoms with E-state index < -0.39 is 5.41 Å². The molecule has 7 atom stereocenters. The zero-order valence-corrected chi connectivity index (χ0v) is 23.6. The Morgan fingerprint density at radius 2 is 1.69 bits per heavy atom. The molecule has 0 spiro atoms. The van der Waals surface area contributed by atoms with Crippen molar-refractivity contribution in [2.45, 2.75) is 106 Å². The Kier molecular flexibility index (Phi) is 5.58. The first-order chi connectivity index (χ1) is 16.6. The highest BCUT2D eigenvalue weighted by Crippen LogP contribution is 2.75. The Labute approximate surface area is 218 Å². The van der Waals surface area contributed by atoms with Crippen LogP contribution in [-0.2, 0) is 4.79 Å². The number of carbonyl (C=O) groups is 1. The number of hydrogen-bond acceptors (Lipinski definition) is 4. The minimum atomic E-state index is -0.489. The quantitative estimate of drug-likeness (QED) is 0.423. The predicted octanol–water partition coefficient (Wildman–Crippen LogP) is 7.30. The molecular formula is C32H47NO3. The molecule has 0 aliphatic heterocycles. The second-order valence-electron chi connectivity index (χ2n) is 15.3. The number of fused-ring (bicyclic) bond motifs is 7. The number of rotatable bonds is 2. The molecule has 0 aromatic carbocycles. The van der Waals surface area contributed by atoms with Crippen LogP contribution in [0.5, 0.6) is 0 Å². The van der Waals surface area contributed by atoms with Gasteiger partial charge in [0, 0.05) is 17.9 Å². The average molecular weight is 494 g/mol. The Morgan fingerprint density at radius 1 is 1.03 bits per heavy atom.